The maximum absolute atomic E-state index is 12.3. The molecule has 1 unspecified atom stereocenters. The smallest absolute Gasteiger partial charge is 0.309 e. The van der Waals surface area contributed by atoms with Crippen molar-refractivity contribution in [1.82, 2.24) is 5.01 Å². The molecule has 1 aliphatic heterocycles. The van der Waals surface area contributed by atoms with Crippen LogP contribution in [0, 0.1) is 11.8 Å². The van der Waals surface area contributed by atoms with Gasteiger partial charge < -0.3 is 4.74 Å². The molecule has 1 atom stereocenters. The second-order valence-corrected chi connectivity index (χ2v) is 6.30. The summed E-state index contributed by atoms with van der Waals surface area (Å²) in [6.45, 7) is 9.67. The Morgan fingerprint density at radius 2 is 1.94 bits per heavy atom. The third-order valence-corrected chi connectivity index (χ3v) is 3.45. The third-order valence-electron chi connectivity index (χ3n) is 3.45. The molecule has 0 aromatic heterocycles. The van der Waals surface area contributed by atoms with E-state index in [0.717, 1.165) is 38.8 Å². The van der Waals surface area contributed by atoms with E-state index in [1.165, 1.54) is 0 Å². The van der Waals surface area contributed by atoms with E-state index in [4.69, 9.17) is 10.6 Å². The molecule has 0 saturated carbocycles. The predicted molar refractivity (Wildman–Crippen MR) is 72.7 cm³/mol. The Labute approximate surface area is 111 Å². The van der Waals surface area contributed by atoms with Gasteiger partial charge in [-0.3, -0.25) is 10.6 Å². The van der Waals surface area contributed by atoms with Gasteiger partial charge in [0.25, 0.3) is 0 Å². The van der Waals surface area contributed by atoms with Crippen molar-refractivity contribution in [3.05, 3.63) is 0 Å². The quantitative estimate of drug-likeness (QED) is 0.619. The molecular formula is C14H28N2O2. The normalized spacial score (nSPS) is 20.7. The number of carbonyl (C=O) groups is 1. The van der Waals surface area contributed by atoms with E-state index < -0.39 is 5.60 Å². The van der Waals surface area contributed by atoms with Gasteiger partial charge in [0.1, 0.15) is 5.60 Å². The number of carbonyl (C=O) groups excluding carboxylic acids is 1. The van der Waals surface area contributed by atoms with Gasteiger partial charge in [0.05, 0.1) is 5.92 Å². The van der Waals surface area contributed by atoms with Crippen molar-refractivity contribution in [2.24, 2.45) is 17.7 Å². The first-order chi connectivity index (χ1) is 8.33. The molecule has 18 heavy (non-hydrogen) atoms. The molecule has 0 bridgehead atoms. The highest BCUT2D eigenvalue weighted by molar-refractivity contribution is 5.73. The molecule has 0 amide bonds. The highest BCUT2D eigenvalue weighted by Gasteiger charge is 2.33. The van der Waals surface area contributed by atoms with Crippen molar-refractivity contribution >= 4 is 5.97 Å². The lowest BCUT2D eigenvalue weighted by Gasteiger charge is -2.34. The number of esters is 1. The minimum Gasteiger partial charge on any atom is -0.460 e. The van der Waals surface area contributed by atoms with Crippen molar-refractivity contribution < 1.29 is 9.53 Å². The number of ether oxygens (including phenoxy) is 1. The molecule has 0 radical (unpaired) electrons. The SMILES string of the molecule is CCCC(C(=O)OC(C)(C)C)C1CCN(N)CC1. The summed E-state index contributed by atoms with van der Waals surface area (Å²) in [6.07, 6.45) is 3.94. The zero-order valence-corrected chi connectivity index (χ0v) is 12.2. The number of hydrogen-bond acceptors (Lipinski definition) is 4. The second kappa shape index (κ2) is 6.53. The van der Waals surface area contributed by atoms with Crippen LogP contribution in [0.4, 0.5) is 0 Å². The molecule has 0 aromatic carbocycles. The van der Waals surface area contributed by atoms with Gasteiger partial charge >= 0.3 is 5.97 Å². The Morgan fingerprint density at radius 3 is 2.39 bits per heavy atom. The van der Waals surface area contributed by atoms with Gasteiger partial charge in [-0.05, 0) is 46.0 Å². The highest BCUT2D eigenvalue weighted by atomic mass is 16.6. The van der Waals surface area contributed by atoms with E-state index in [0.29, 0.717) is 5.92 Å². The monoisotopic (exact) mass is 256 g/mol. The van der Waals surface area contributed by atoms with E-state index in [1.807, 2.05) is 25.8 Å². The minimum atomic E-state index is -0.391. The van der Waals surface area contributed by atoms with E-state index in [-0.39, 0.29) is 11.9 Å². The van der Waals surface area contributed by atoms with Crippen LogP contribution in [0.2, 0.25) is 0 Å². The van der Waals surface area contributed by atoms with Crippen molar-refractivity contribution in [2.45, 2.75) is 59.0 Å². The largest absolute Gasteiger partial charge is 0.460 e. The predicted octanol–water partition coefficient (Wildman–Crippen LogP) is 2.33. The van der Waals surface area contributed by atoms with E-state index in [9.17, 15) is 4.79 Å². The number of hydrogen-bond donors (Lipinski definition) is 1. The minimum absolute atomic E-state index is 0.0279. The number of rotatable bonds is 4. The van der Waals surface area contributed by atoms with Crippen molar-refractivity contribution in [2.75, 3.05) is 13.1 Å². The van der Waals surface area contributed by atoms with Crippen LogP contribution in [-0.2, 0) is 9.53 Å². The molecule has 2 N–H and O–H groups in total. The van der Waals surface area contributed by atoms with Gasteiger partial charge in [0.15, 0.2) is 0 Å². The Kier molecular flexibility index (Phi) is 5.60. The van der Waals surface area contributed by atoms with E-state index >= 15 is 0 Å². The maximum Gasteiger partial charge on any atom is 0.309 e. The molecule has 0 aromatic rings. The van der Waals surface area contributed by atoms with Crippen LogP contribution in [-0.4, -0.2) is 29.7 Å². The van der Waals surface area contributed by atoms with Gasteiger partial charge in [-0.15, -0.1) is 0 Å². The molecule has 1 rings (SSSR count). The zero-order chi connectivity index (χ0) is 13.8. The van der Waals surface area contributed by atoms with Crippen LogP contribution in [0.3, 0.4) is 0 Å². The summed E-state index contributed by atoms with van der Waals surface area (Å²) < 4.78 is 5.55. The first kappa shape index (κ1) is 15.4. The summed E-state index contributed by atoms with van der Waals surface area (Å²) in [5.74, 6) is 6.21. The average molecular weight is 256 g/mol. The molecule has 0 aliphatic carbocycles. The first-order valence-corrected chi connectivity index (χ1v) is 7.06. The van der Waals surface area contributed by atoms with E-state index in [1.54, 1.807) is 0 Å². The van der Waals surface area contributed by atoms with Crippen LogP contribution < -0.4 is 5.84 Å². The molecule has 1 heterocycles. The van der Waals surface area contributed by atoms with Gasteiger partial charge in [-0.25, -0.2) is 5.01 Å². The number of nitrogens with two attached hydrogens (primary N) is 1. The number of nitrogens with zero attached hydrogens (tertiary/aromatic N) is 1. The first-order valence-electron chi connectivity index (χ1n) is 7.06. The second-order valence-electron chi connectivity index (χ2n) is 6.30. The molecule has 0 spiro atoms. The summed E-state index contributed by atoms with van der Waals surface area (Å²) in [4.78, 5) is 12.3. The van der Waals surface area contributed by atoms with Crippen LogP contribution in [0.5, 0.6) is 0 Å². The summed E-state index contributed by atoms with van der Waals surface area (Å²) >= 11 is 0. The van der Waals surface area contributed by atoms with Gasteiger partial charge in [-0.2, -0.15) is 0 Å². The highest BCUT2D eigenvalue weighted by Crippen LogP contribution is 2.29. The number of hydrazine groups is 1. The molecule has 1 aliphatic rings. The van der Waals surface area contributed by atoms with Crippen molar-refractivity contribution in [3.63, 3.8) is 0 Å². The Balaban J connectivity index is 2.61. The fourth-order valence-electron chi connectivity index (χ4n) is 2.56. The molecule has 106 valence electrons. The standard InChI is InChI=1S/C14H28N2O2/c1-5-6-12(13(17)18-14(2,3)4)11-7-9-16(15)10-8-11/h11-12H,5-10,15H2,1-4H3. The molecule has 1 saturated heterocycles. The zero-order valence-electron chi connectivity index (χ0n) is 12.2. The van der Waals surface area contributed by atoms with Gasteiger partial charge in [0.2, 0.25) is 0 Å². The molecular weight excluding hydrogens is 228 g/mol. The van der Waals surface area contributed by atoms with Crippen molar-refractivity contribution in [3.8, 4) is 0 Å². The molecule has 4 heteroatoms. The lowest BCUT2D eigenvalue weighted by atomic mass is 9.82. The lowest BCUT2D eigenvalue weighted by molar-refractivity contribution is -0.163. The van der Waals surface area contributed by atoms with Gasteiger partial charge in [-0.1, -0.05) is 13.3 Å². The summed E-state index contributed by atoms with van der Waals surface area (Å²) in [7, 11) is 0. The van der Waals surface area contributed by atoms with E-state index in [2.05, 4.69) is 6.92 Å². The van der Waals surface area contributed by atoms with Crippen LogP contribution >= 0.6 is 0 Å². The average Bonchev–Trinajstić information content (AvgIpc) is 2.25. The third kappa shape index (κ3) is 4.94. The van der Waals surface area contributed by atoms with Crippen molar-refractivity contribution in [1.29, 1.82) is 0 Å². The molecule has 1 fully saturated rings. The fraction of sp³-hybridized carbons (Fsp3) is 0.929. The Hall–Kier alpha value is -0.610. The topological polar surface area (TPSA) is 55.6 Å². The summed E-state index contributed by atoms with van der Waals surface area (Å²) in [5, 5.41) is 1.84. The van der Waals surface area contributed by atoms with Crippen LogP contribution in [0.1, 0.15) is 53.4 Å². The Bertz CT molecular complexity index is 265. The molecule has 4 nitrogen and oxygen atoms in total. The fourth-order valence-corrected chi connectivity index (χ4v) is 2.56. The Morgan fingerprint density at radius 1 is 1.39 bits per heavy atom. The van der Waals surface area contributed by atoms with Crippen LogP contribution in [0.15, 0.2) is 0 Å². The lowest BCUT2D eigenvalue weighted by Crippen LogP contribution is -2.42. The van der Waals surface area contributed by atoms with Gasteiger partial charge in [0, 0.05) is 13.1 Å². The summed E-state index contributed by atoms with van der Waals surface area (Å²) in [5.41, 5.74) is -0.391. The maximum atomic E-state index is 12.3. The van der Waals surface area contributed by atoms with Crippen LogP contribution in [0.25, 0.3) is 0 Å². The number of piperidine rings is 1. The summed E-state index contributed by atoms with van der Waals surface area (Å²) in [6, 6.07) is 0.